The largest absolute Gasteiger partial charge is 0.454 e. The van der Waals surface area contributed by atoms with Gasteiger partial charge < -0.3 is 14.8 Å². The van der Waals surface area contributed by atoms with E-state index in [0.717, 1.165) is 27.1 Å². The van der Waals surface area contributed by atoms with Gasteiger partial charge in [0, 0.05) is 29.1 Å². The minimum absolute atomic E-state index is 0.0485. The average molecular weight is 483 g/mol. The lowest BCUT2D eigenvalue weighted by Gasteiger charge is -2.37. The second-order valence-corrected chi connectivity index (χ2v) is 9.85. The van der Waals surface area contributed by atoms with E-state index in [2.05, 4.69) is 35.1 Å². The summed E-state index contributed by atoms with van der Waals surface area (Å²) >= 11 is 3.66. The second-order valence-electron chi connectivity index (χ2n) is 8.99. The summed E-state index contributed by atoms with van der Waals surface area (Å²) in [5.74, 6) is 1.16. The summed E-state index contributed by atoms with van der Waals surface area (Å²) in [5, 5.41) is 3.50. The predicted octanol–water partition coefficient (Wildman–Crippen LogP) is 5.34. The van der Waals surface area contributed by atoms with Gasteiger partial charge in [0.1, 0.15) is 0 Å². The number of anilines is 2. The van der Waals surface area contributed by atoms with E-state index in [1.54, 1.807) is 4.90 Å². The van der Waals surface area contributed by atoms with Crippen LogP contribution in [0, 0.1) is 5.41 Å². The zero-order valence-electron chi connectivity index (χ0n) is 17.6. The van der Waals surface area contributed by atoms with Crippen molar-refractivity contribution in [1.29, 1.82) is 0 Å². The van der Waals surface area contributed by atoms with Crippen molar-refractivity contribution in [2.24, 2.45) is 5.41 Å². The van der Waals surface area contributed by atoms with Crippen molar-refractivity contribution in [3.8, 4) is 11.5 Å². The van der Waals surface area contributed by atoms with Gasteiger partial charge in [-0.3, -0.25) is 14.5 Å². The van der Waals surface area contributed by atoms with Gasteiger partial charge >= 0.3 is 0 Å². The maximum absolute atomic E-state index is 13.5. The van der Waals surface area contributed by atoms with E-state index in [-0.39, 0.29) is 23.9 Å². The molecule has 0 radical (unpaired) electrons. The number of ketones is 1. The van der Waals surface area contributed by atoms with Crippen LogP contribution in [-0.4, -0.2) is 18.5 Å². The number of nitrogens with one attached hydrogen (secondary N) is 1. The third-order valence-corrected chi connectivity index (χ3v) is 6.71. The number of benzene rings is 2. The van der Waals surface area contributed by atoms with E-state index in [0.29, 0.717) is 29.9 Å². The number of nitrogens with zero attached hydrogens (tertiary/aromatic N) is 1. The Balaban J connectivity index is 1.80. The van der Waals surface area contributed by atoms with Crippen LogP contribution in [-0.2, 0) is 9.59 Å². The lowest BCUT2D eigenvalue weighted by Crippen LogP contribution is -2.38. The van der Waals surface area contributed by atoms with Crippen LogP contribution in [0.25, 0.3) is 0 Å². The van der Waals surface area contributed by atoms with Gasteiger partial charge in [-0.25, -0.2) is 0 Å². The zero-order chi connectivity index (χ0) is 21.9. The van der Waals surface area contributed by atoms with E-state index in [1.807, 2.05) is 36.4 Å². The molecular weight excluding hydrogens is 460 g/mol. The van der Waals surface area contributed by atoms with Crippen LogP contribution in [0.4, 0.5) is 11.4 Å². The summed E-state index contributed by atoms with van der Waals surface area (Å²) < 4.78 is 11.9. The molecule has 160 valence electrons. The predicted molar refractivity (Wildman–Crippen MR) is 121 cm³/mol. The van der Waals surface area contributed by atoms with E-state index < -0.39 is 6.04 Å². The van der Waals surface area contributed by atoms with Gasteiger partial charge in [0.2, 0.25) is 12.7 Å². The Morgan fingerprint density at radius 1 is 1.16 bits per heavy atom. The van der Waals surface area contributed by atoms with Gasteiger partial charge in [-0.15, -0.1) is 0 Å². The molecule has 1 N–H and O–H groups in total. The minimum Gasteiger partial charge on any atom is -0.454 e. The van der Waals surface area contributed by atoms with E-state index in [1.165, 1.54) is 6.92 Å². The molecule has 2 heterocycles. The van der Waals surface area contributed by atoms with Gasteiger partial charge in [-0.05, 0) is 41.7 Å². The lowest BCUT2D eigenvalue weighted by molar-refractivity contribution is -0.118. The summed E-state index contributed by atoms with van der Waals surface area (Å²) in [7, 11) is 0. The molecule has 1 aliphatic carbocycles. The number of allylic oxidation sites excluding steroid dienone is 1. The Bertz CT molecular complexity index is 1150. The molecule has 1 atom stereocenters. The van der Waals surface area contributed by atoms with Gasteiger partial charge in [-0.1, -0.05) is 41.9 Å². The number of fused-ring (bicyclic) bond motifs is 2. The Labute approximate surface area is 189 Å². The molecule has 31 heavy (non-hydrogen) atoms. The molecule has 0 saturated heterocycles. The third-order valence-electron chi connectivity index (χ3n) is 6.03. The van der Waals surface area contributed by atoms with Crippen molar-refractivity contribution < 1.29 is 19.1 Å². The molecule has 3 aliphatic rings. The summed E-state index contributed by atoms with van der Waals surface area (Å²) in [4.78, 5) is 28.3. The van der Waals surface area contributed by atoms with Crippen LogP contribution in [0.2, 0.25) is 0 Å². The molecule has 7 heteroatoms. The van der Waals surface area contributed by atoms with Crippen LogP contribution in [0.15, 0.2) is 52.1 Å². The Hall–Kier alpha value is -2.80. The number of ether oxygens (including phenoxy) is 2. The zero-order valence-corrected chi connectivity index (χ0v) is 19.2. The quantitative estimate of drug-likeness (QED) is 0.593. The van der Waals surface area contributed by atoms with Gasteiger partial charge in [0.25, 0.3) is 0 Å². The first-order chi connectivity index (χ1) is 14.7. The normalized spacial score (nSPS) is 21.2. The fourth-order valence-corrected chi connectivity index (χ4v) is 5.31. The summed E-state index contributed by atoms with van der Waals surface area (Å²) in [6.07, 6.45) is 1.14. The van der Waals surface area contributed by atoms with Gasteiger partial charge in [-0.2, -0.15) is 0 Å². The lowest BCUT2D eigenvalue weighted by atomic mass is 9.73. The van der Waals surface area contributed by atoms with Crippen molar-refractivity contribution in [2.75, 3.05) is 17.0 Å². The van der Waals surface area contributed by atoms with E-state index in [4.69, 9.17) is 9.47 Å². The number of para-hydroxylation sites is 2. The Kier molecular flexibility index (Phi) is 4.62. The summed E-state index contributed by atoms with van der Waals surface area (Å²) in [6, 6.07) is 10.8. The van der Waals surface area contributed by atoms with Crippen molar-refractivity contribution in [3.63, 3.8) is 0 Å². The third kappa shape index (κ3) is 3.31. The van der Waals surface area contributed by atoms with Gasteiger partial charge in [0.05, 0.1) is 17.4 Å². The molecule has 0 aromatic heterocycles. The number of halogens is 1. The van der Waals surface area contributed by atoms with E-state index >= 15 is 0 Å². The highest BCUT2D eigenvalue weighted by Crippen LogP contribution is 2.51. The smallest absolute Gasteiger partial charge is 0.231 e. The number of amides is 1. The molecule has 2 aliphatic heterocycles. The number of rotatable bonds is 1. The molecule has 0 saturated carbocycles. The van der Waals surface area contributed by atoms with Crippen molar-refractivity contribution in [3.05, 3.63) is 57.7 Å². The maximum Gasteiger partial charge on any atom is 0.231 e. The molecule has 2 aromatic carbocycles. The molecule has 0 bridgehead atoms. The van der Waals surface area contributed by atoms with Crippen molar-refractivity contribution >= 4 is 39.0 Å². The molecule has 2 aromatic rings. The number of carbonyl (C=O) groups is 2. The first-order valence-electron chi connectivity index (χ1n) is 10.3. The fourth-order valence-electron chi connectivity index (χ4n) is 4.77. The van der Waals surface area contributed by atoms with Crippen LogP contribution < -0.4 is 19.7 Å². The highest BCUT2D eigenvalue weighted by molar-refractivity contribution is 9.10. The first-order valence-corrected chi connectivity index (χ1v) is 11.1. The monoisotopic (exact) mass is 482 g/mol. The summed E-state index contributed by atoms with van der Waals surface area (Å²) in [6.45, 7) is 5.88. The summed E-state index contributed by atoms with van der Waals surface area (Å²) in [5.41, 5.74) is 3.68. The maximum atomic E-state index is 13.5. The van der Waals surface area contributed by atoms with Gasteiger partial charge in [0.15, 0.2) is 17.3 Å². The van der Waals surface area contributed by atoms with Crippen molar-refractivity contribution in [1.82, 2.24) is 0 Å². The van der Waals surface area contributed by atoms with Crippen molar-refractivity contribution in [2.45, 2.75) is 39.7 Å². The number of hydrogen-bond acceptors (Lipinski definition) is 5. The Morgan fingerprint density at radius 3 is 2.61 bits per heavy atom. The van der Waals surface area contributed by atoms with Crippen LogP contribution in [0.3, 0.4) is 0 Å². The molecule has 5 rings (SSSR count). The van der Waals surface area contributed by atoms with Crippen LogP contribution >= 0.6 is 15.9 Å². The SMILES string of the molecule is CC(=O)N1c2ccccc2NC2=C(C(=O)CC(C)(C)C2)[C@H]1c1cc2c(cc1Br)OCO2. The molecule has 0 fully saturated rings. The highest BCUT2D eigenvalue weighted by Gasteiger charge is 2.43. The molecule has 0 unspecified atom stereocenters. The second kappa shape index (κ2) is 7.12. The van der Waals surface area contributed by atoms with E-state index in [9.17, 15) is 9.59 Å². The highest BCUT2D eigenvalue weighted by atomic mass is 79.9. The molecular formula is C24H23BrN2O4. The van der Waals surface area contributed by atoms with Crippen LogP contribution in [0.5, 0.6) is 11.5 Å². The average Bonchev–Trinajstić information content (AvgIpc) is 3.07. The minimum atomic E-state index is -0.587. The topological polar surface area (TPSA) is 67.9 Å². The van der Waals surface area contributed by atoms with Crippen LogP contribution in [0.1, 0.15) is 45.2 Å². The molecule has 0 spiro atoms. The first kappa shape index (κ1) is 20.1. The standard InChI is InChI=1S/C24H23BrN2O4/c1-13(28)27-18-7-5-4-6-16(18)26-17-10-24(2,3)11-19(29)22(17)23(27)14-8-20-21(9-15(14)25)31-12-30-20/h4-9,23,26H,10-12H2,1-3H3/t23-/m1/s1. The Morgan fingerprint density at radius 2 is 1.87 bits per heavy atom. The molecule has 1 amide bonds. The number of hydrogen-bond donors (Lipinski definition) is 1. The number of Topliss-reactive ketones (excluding diaryl/α,β-unsaturated/α-hetero) is 1. The molecule has 6 nitrogen and oxygen atoms in total. The fraction of sp³-hybridized carbons (Fsp3) is 0.333. The number of carbonyl (C=O) groups excluding carboxylic acids is 2.